The lowest BCUT2D eigenvalue weighted by atomic mass is 9.67. The van der Waals surface area contributed by atoms with Gasteiger partial charge in [0, 0.05) is 8.99 Å². The van der Waals surface area contributed by atoms with Crippen LogP contribution in [0.15, 0.2) is 109 Å². The van der Waals surface area contributed by atoms with Gasteiger partial charge in [0.25, 0.3) is 0 Å². The van der Waals surface area contributed by atoms with Crippen molar-refractivity contribution in [2.75, 3.05) is 0 Å². The fraction of sp³-hybridized carbons (Fsp3) is 0.143. The smallest absolute Gasteiger partial charge is 0.0713 e. The highest BCUT2D eigenvalue weighted by Crippen LogP contribution is 2.56. The molecule has 0 spiro atoms. The minimum absolute atomic E-state index is 0.0448. The Morgan fingerprint density at radius 2 is 1.28 bits per heavy atom. The minimum atomic E-state index is -0.307. The summed E-state index contributed by atoms with van der Waals surface area (Å²) in [6.45, 7) is 4.51. The largest absolute Gasteiger partial charge is 0.0751 e. The van der Waals surface area contributed by atoms with Gasteiger partial charge in [-0.2, -0.15) is 0 Å². The first-order valence-corrected chi connectivity index (χ1v) is 11.1. The van der Waals surface area contributed by atoms with E-state index in [-0.39, 0.29) is 10.8 Å². The maximum Gasteiger partial charge on any atom is 0.0713 e. The lowest BCUT2D eigenvalue weighted by Crippen LogP contribution is -2.29. The van der Waals surface area contributed by atoms with Gasteiger partial charge in [-0.25, -0.2) is 0 Å². The van der Waals surface area contributed by atoms with Gasteiger partial charge in [-0.05, 0) is 68.1 Å². The van der Waals surface area contributed by atoms with E-state index in [1.54, 1.807) is 0 Å². The predicted octanol–water partition coefficient (Wildman–Crippen LogP) is 7.68. The molecule has 3 aromatic carbocycles. The molecule has 29 heavy (non-hydrogen) atoms. The minimum Gasteiger partial charge on any atom is -0.0751 e. The maximum atomic E-state index is 2.39. The number of benzene rings is 3. The summed E-state index contributed by atoms with van der Waals surface area (Å²) in [5.41, 5.74) is 7.78. The number of rotatable bonds is 2. The highest BCUT2D eigenvalue weighted by molar-refractivity contribution is 14.1. The Morgan fingerprint density at radius 1 is 0.690 bits per heavy atom. The molecule has 2 aliphatic rings. The molecule has 0 atom stereocenters. The topological polar surface area (TPSA) is 0 Å². The van der Waals surface area contributed by atoms with Gasteiger partial charge in [-0.1, -0.05) is 105 Å². The molecular weight excluding hydrogens is 463 g/mol. The Hall–Kier alpha value is -2.39. The van der Waals surface area contributed by atoms with Crippen molar-refractivity contribution in [3.8, 4) is 11.1 Å². The second-order valence-corrected chi connectivity index (χ2v) is 9.73. The van der Waals surface area contributed by atoms with Crippen LogP contribution in [0.1, 0.15) is 30.5 Å². The van der Waals surface area contributed by atoms with Gasteiger partial charge in [0.15, 0.2) is 0 Å². The van der Waals surface area contributed by atoms with Crippen LogP contribution in [0.5, 0.6) is 0 Å². The van der Waals surface area contributed by atoms with Gasteiger partial charge in [0.2, 0.25) is 0 Å². The van der Waals surface area contributed by atoms with E-state index in [0.29, 0.717) is 0 Å². The second-order valence-electron chi connectivity index (χ2n) is 8.48. The van der Waals surface area contributed by atoms with Crippen LogP contribution in [0, 0.1) is 8.99 Å². The van der Waals surface area contributed by atoms with E-state index in [1.165, 1.54) is 37.0 Å². The molecular formula is C28H23I. The number of hydrogen-bond acceptors (Lipinski definition) is 0. The number of fused-ring (bicyclic) bond motifs is 3. The van der Waals surface area contributed by atoms with Gasteiger partial charge >= 0.3 is 0 Å². The summed E-state index contributed by atoms with van der Waals surface area (Å²) in [5.74, 6) is 0. The van der Waals surface area contributed by atoms with Gasteiger partial charge in [-0.15, -0.1) is 0 Å². The molecule has 0 aliphatic heterocycles. The second kappa shape index (κ2) is 6.84. The van der Waals surface area contributed by atoms with Gasteiger partial charge in [0.05, 0.1) is 5.41 Å². The van der Waals surface area contributed by atoms with E-state index in [2.05, 4.69) is 140 Å². The first-order chi connectivity index (χ1) is 14.0. The summed E-state index contributed by atoms with van der Waals surface area (Å²) < 4.78 is 1.26. The average Bonchev–Trinajstić information content (AvgIpc) is 2.90. The molecule has 0 unspecified atom stereocenters. The Morgan fingerprint density at radius 3 is 1.90 bits per heavy atom. The molecule has 0 bridgehead atoms. The van der Waals surface area contributed by atoms with Gasteiger partial charge in [0.1, 0.15) is 0 Å². The fourth-order valence-electron chi connectivity index (χ4n) is 4.79. The summed E-state index contributed by atoms with van der Waals surface area (Å²) in [6, 6.07) is 26.9. The van der Waals surface area contributed by atoms with Crippen LogP contribution < -0.4 is 0 Å². The normalized spacial score (nSPS) is 18.0. The quantitative estimate of drug-likeness (QED) is 0.326. The number of halogens is 1. The third-order valence-electron chi connectivity index (χ3n) is 6.16. The summed E-state index contributed by atoms with van der Waals surface area (Å²) in [5, 5.41) is 0. The first-order valence-electron chi connectivity index (χ1n) is 10.1. The van der Waals surface area contributed by atoms with Crippen molar-refractivity contribution in [3.05, 3.63) is 129 Å². The molecule has 142 valence electrons. The lowest BCUT2D eigenvalue weighted by Gasteiger charge is -2.34. The lowest BCUT2D eigenvalue weighted by molar-refractivity contribution is 0.625. The van der Waals surface area contributed by atoms with E-state index in [1.807, 2.05) is 0 Å². The molecule has 0 radical (unpaired) electrons. The summed E-state index contributed by atoms with van der Waals surface area (Å²) in [6.07, 6.45) is 11.5. The van der Waals surface area contributed by atoms with Gasteiger partial charge in [-0.3, -0.25) is 0 Å². The fourth-order valence-corrected chi connectivity index (χ4v) is 5.15. The van der Waals surface area contributed by atoms with E-state index in [9.17, 15) is 0 Å². The van der Waals surface area contributed by atoms with E-state index < -0.39 is 0 Å². The number of hydrogen-bond donors (Lipinski definition) is 0. The molecule has 0 N–H and O–H groups in total. The molecule has 0 saturated heterocycles. The standard InChI is InChI=1S/C28H23I/c1-27(2)18-7-8-20(17-19-27)28(21-13-15-22(29)16-14-21)25-11-5-3-9-23(25)24-10-4-6-12-26(24)28/h3-19H,1-2H3. The first kappa shape index (κ1) is 18.6. The number of allylic oxidation sites excluding steroid dienone is 6. The molecule has 5 rings (SSSR count). The molecule has 0 fully saturated rings. The van der Waals surface area contributed by atoms with Crippen LogP contribution in [-0.2, 0) is 5.41 Å². The van der Waals surface area contributed by atoms with Crippen LogP contribution in [0.2, 0.25) is 0 Å². The monoisotopic (exact) mass is 486 g/mol. The Balaban J connectivity index is 1.90. The highest BCUT2D eigenvalue weighted by Gasteiger charge is 2.46. The molecule has 0 amide bonds. The van der Waals surface area contributed by atoms with Crippen molar-refractivity contribution in [2.24, 2.45) is 5.41 Å². The average molecular weight is 486 g/mol. The van der Waals surface area contributed by atoms with Crippen LogP contribution in [0.3, 0.4) is 0 Å². The van der Waals surface area contributed by atoms with Crippen molar-refractivity contribution < 1.29 is 0 Å². The molecule has 0 saturated carbocycles. The van der Waals surface area contributed by atoms with Crippen LogP contribution >= 0.6 is 22.6 Å². The van der Waals surface area contributed by atoms with E-state index in [4.69, 9.17) is 0 Å². The summed E-state index contributed by atoms with van der Waals surface area (Å²) in [7, 11) is 0. The van der Waals surface area contributed by atoms with E-state index in [0.717, 1.165) is 0 Å². The van der Waals surface area contributed by atoms with Crippen molar-refractivity contribution >= 4 is 22.6 Å². The molecule has 0 nitrogen and oxygen atoms in total. The maximum absolute atomic E-state index is 2.39. The zero-order valence-corrected chi connectivity index (χ0v) is 18.9. The molecule has 0 heterocycles. The third-order valence-corrected chi connectivity index (χ3v) is 6.88. The van der Waals surface area contributed by atoms with Crippen molar-refractivity contribution in [1.82, 2.24) is 0 Å². The molecule has 3 aromatic rings. The molecule has 1 heteroatoms. The summed E-state index contributed by atoms with van der Waals surface area (Å²) in [4.78, 5) is 0. The summed E-state index contributed by atoms with van der Waals surface area (Å²) >= 11 is 2.39. The van der Waals surface area contributed by atoms with Crippen molar-refractivity contribution in [3.63, 3.8) is 0 Å². The van der Waals surface area contributed by atoms with Crippen molar-refractivity contribution in [2.45, 2.75) is 19.3 Å². The van der Waals surface area contributed by atoms with Gasteiger partial charge < -0.3 is 0 Å². The van der Waals surface area contributed by atoms with Crippen LogP contribution in [0.4, 0.5) is 0 Å². The Bertz CT molecular complexity index is 1130. The molecule has 0 aromatic heterocycles. The van der Waals surface area contributed by atoms with Crippen molar-refractivity contribution in [1.29, 1.82) is 0 Å². The van der Waals surface area contributed by atoms with E-state index >= 15 is 0 Å². The zero-order valence-electron chi connectivity index (χ0n) is 16.7. The zero-order chi connectivity index (χ0) is 20.1. The highest BCUT2D eigenvalue weighted by atomic mass is 127. The van der Waals surface area contributed by atoms with Crippen LogP contribution in [-0.4, -0.2) is 0 Å². The Labute approximate surface area is 186 Å². The third kappa shape index (κ3) is 2.86. The molecule has 2 aliphatic carbocycles. The Kier molecular flexibility index (Phi) is 4.40. The van der Waals surface area contributed by atoms with Crippen LogP contribution in [0.25, 0.3) is 11.1 Å². The predicted molar refractivity (Wildman–Crippen MR) is 131 cm³/mol. The SMILES string of the molecule is CC1(C)C=CC=C(C2(c3ccc(I)cc3)c3ccccc3-c3ccccc32)C=C1.